The first-order valence-electron chi connectivity index (χ1n) is 5.98. The lowest BCUT2D eigenvalue weighted by Crippen LogP contribution is -2.18. The maximum Gasteiger partial charge on any atom is 0.293 e. The molecule has 0 saturated carbocycles. The summed E-state index contributed by atoms with van der Waals surface area (Å²) in [5, 5.41) is 24.4. The Morgan fingerprint density at radius 1 is 1.58 bits per heavy atom. The summed E-state index contributed by atoms with van der Waals surface area (Å²) in [6.07, 6.45) is 0.0752. The van der Waals surface area contributed by atoms with E-state index in [1.807, 2.05) is 13.8 Å². The molecular weight excluding hydrogens is 266 g/mol. The highest BCUT2D eigenvalue weighted by Crippen LogP contribution is 2.32. The van der Waals surface area contributed by atoms with Gasteiger partial charge < -0.3 is 10.4 Å². The lowest BCUT2D eigenvalue weighted by atomic mass is 10.2. The molecule has 0 fully saturated rings. The molecule has 0 saturated heterocycles. The van der Waals surface area contributed by atoms with Gasteiger partial charge in [0.05, 0.1) is 26.3 Å². The second-order valence-electron chi connectivity index (χ2n) is 4.27. The van der Waals surface area contributed by atoms with Crippen molar-refractivity contribution in [1.29, 1.82) is 0 Å². The molecule has 2 aromatic rings. The topological polar surface area (TPSA) is 88.3 Å². The Kier molecular flexibility index (Phi) is 3.96. The monoisotopic (exact) mass is 281 g/mol. The number of benzene rings is 1. The van der Waals surface area contributed by atoms with Gasteiger partial charge in [-0.1, -0.05) is 6.92 Å². The number of aliphatic hydroxyl groups excluding tert-OH is 1. The number of nitro groups is 1. The number of aryl methyl sites for hydroxylation is 1. The standard InChI is InChI=1S/C12H15N3O3S/c1-3-8(16)6-13-9-4-10-12(19-7(2)14-10)5-11(9)15(17)18/h4-5,8,13,16H,3,6H2,1-2H3. The minimum atomic E-state index is -0.521. The molecule has 2 rings (SSSR count). The van der Waals surface area contributed by atoms with Crippen LogP contribution in [0.15, 0.2) is 12.1 Å². The van der Waals surface area contributed by atoms with Crippen molar-refractivity contribution in [2.45, 2.75) is 26.4 Å². The zero-order valence-electron chi connectivity index (χ0n) is 10.7. The zero-order valence-corrected chi connectivity index (χ0v) is 11.5. The van der Waals surface area contributed by atoms with Gasteiger partial charge in [0.15, 0.2) is 0 Å². The van der Waals surface area contributed by atoms with E-state index in [4.69, 9.17) is 0 Å². The molecule has 102 valence electrons. The molecule has 1 aromatic carbocycles. The highest BCUT2D eigenvalue weighted by Gasteiger charge is 2.17. The van der Waals surface area contributed by atoms with Gasteiger partial charge in [-0.3, -0.25) is 10.1 Å². The van der Waals surface area contributed by atoms with Crippen molar-refractivity contribution in [3.8, 4) is 0 Å². The predicted octanol–water partition coefficient (Wildman–Crippen LogP) is 2.70. The van der Waals surface area contributed by atoms with Crippen LogP contribution in [-0.4, -0.2) is 27.7 Å². The molecule has 0 bridgehead atoms. The number of nitro benzene ring substituents is 1. The molecule has 1 aromatic heterocycles. The number of nitrogens with one attached hydrogen (secondary N) is 1. The molecule has 6 nitrogen and oxygen atoms in total. The third kappa shape index (κ3) is 2.99. The largest absolute Gasteiger partial charge is 0.391 e. The summed E-state index contributed by atoms with van der Waals surface area (Å²) < 4.78 is 0.797. The number of aromatic nitrogens is 1. The summed E-state index contributed by atoms with van der Waals surface area (Å²) in [5.74, 6) is 0. The van der Waals surface area contributed by atoms with Crippen LogP contribution in [-0.2, 0) is 0 Å². The van der Waals surface area contributed by atoms with E-state index < -0.39 is 11.0 Å². The molecular formula is C12H15N3O3S. The first-order valence-corrected chi connectivity index (χ1v) is 6.80. The molecule has 0 amide bonds. The van der Waals surface area contributed by atoms with Crippen LogP contribution >= 0.6 is 11.3 Å². The van der Waals surface area contributed by atoms with Gasteiger partial charge in [0.1, 0.15) is 5.69 Å². The summed E-state index contributed by atoms with van der Waals surface area (Å²) in [6, 6.07) is 3.19. The van der Waals surface area contributed by atoms with Crippen molar-refractivity contribution in [3.05, 3.63) is 27.3 Å². The van der Waals surface area contributed by atoms with E-state index in [2.05, 4.69) is 10.3 Å². The molecule has 1 unspecified atom stereocenters. The first-order chi connectivity index (χ1) is 9.01. The average molecular weight is 281 g/mol. The van der Waals surface area contributed by atoms with E-state index in [0.29, 0.717) is 12.1 Å². The van der Waals surface area contributed by atoms with E-state index in [-0.39, 0.29) is 12.2 Å². The van der Waals surface area contributed by atoms with Crippen LogP contribution in [0.5, 0.6) is 0 Å². The molecule has 0 radical (unpaired) electrons. The number of aliphatic hydroxyl groups is 1. The number of anilines is 1. The Balaban J connectivity index is 2.38. The number of nitrogens with zero attached hydrogens (tertiary/aromatic N) is 2. The summed E-state index contributed by atoms with van der Waals surface area (Å²) in [5.41, 5.74) is 1.15. The van der Waals surface area contributed by atoms with Gasteiger partial charge in [0.25, 0.3) is 5.69 Å². The maximum atomic E-state index is 11.1. The maximum absolute atomic E-state index is 11.1. The van der Waals surface area contributed by atoms with Gasteiger partial charge in [-0.2, -0.15) is 0 Å². The molecule has 19 heavy (non-hydrogen) atoms. The van der Waals surface area contributed by atoms with E-state index in [1.54, 1.807) is 6.07 Å². The second-order valence-corrected chi connectivity index (χ2v) is 5.50. The van der Waals surface area contributed by atoms with Crippen molar-refractivity contribution in [2.24, 2.45) is 0 Å². The Hall–Kier alpha value is -1.73. The Bertz CT molecular complexity index is 612. The van der Waals surface area contributed by atoms with Crippen LogP contribution in [0, 0.1) is 17.0 Å². The number of hydrogen-bond donors (Lipinski definition) is 2. The Morgan fingerprint density at radius 3 is 2.95 bits per heavy atom. The number of thiazole rings is 1. The van der Waals surface area contributed by atoms with Crippen LogP contribution in [0.3, 0.4) is 0 Å². The molecule has 7 heteroatoms. The van der Waals surface area contributed by atoms with E-state index >= 15 is 0 Å². The zero-order chi connectivity index (χ0) is 14.0. The normalized spacial score (nSPS) is 12.6. The van der Waals surface area contributed by atoms with Crippen LogP contribution in [0.4, 0.5) is 11.4 Å². The summed E-state index contributed by atoms with van der Waals surface area (Å²) in [4.78, 5) is 15.0. The fourth-order valence-corrected chi connectivity index (χ4v) is 2.59. The minimum Gasteiger partial charge on any atom is -0.391 e. The lowest BCUT2D eigenvalue weighted by Gasteiger charge is -2.10. The fourth-order valence-electron chi connectivity index (χ4n) is 1.74. The van der Waals surface area contributed by atoms with Crippen LogP contribution in [0.2, 0.25) is 0 Å². The van der Waals surface area contributed by atoms with E-state index in [9.17, 15) is 15.2 Å². The van der Waals surface area contributed by atoms with Gasteiger partial charge >= 0.3 is 0 Å². The summed E-state index contributed by atoms with van der Waals surface area (Å²) in [7, 11) is 0. The number of hydrogen-bond acceptors (Lipinski definition) is 6. The predicted molar refractivity (Wildman–Crippen MR) is 75.8 cm³/mol. The third-order valence-electron chi connectivity index (χ3n) is 2.81. The smallest absolute Gasteiger partial charge is 0.293 e. The molecule has 1 atom stereocenters. The van der Waals surface area contributed by atoms with Crippen molar-refractivity contribution in [2.75, 3.05) is 11.9 Å². The summed E-state index contributed by atoms with van der Waals surface area (Å²) in [6.45, 7) is 4.00. The second kappa shape index (κ2) is 5.50. The molecule has 0 aliphatic heterocycles. The van der Waals surface area contributed by atoms with Crippen molar-refractivity contribution in [3.63, 3.8) is 0 Å². The van der Waals surface area contributed by atoms with Gasteiger partial charge in [-0.25, -0.2) is 4.98 Å². The van der Waals surface area contributed by atoms with E-state index in [1.165, 1.54) is 17.4 Å². The van der Waals surface area contributed by atoms with Gasteiger partial charge in [0.2, 0.25) is 0 Å². The molecule has 1 heterocycles. The van der Waals surface area contributed by atoms with Crippen LogP contribution in [0.25, 0.3) is 10.2 Å². The fraction of sp³-hybridized carbons (Fsp3) is 0.417. The Labute approximate surface area is 114 Å². The van der Waals surface area contributed by atoms with Crippen LogP contribution < -0.4 is 5.32 Å². The SMILES string of the molecule is CCC(O)CNc1cc2nc(C)sc2cc1[N+](=O)[O-]. The molecule has 0 spiro atoms. The number of fused-ring (bicyclic) bond motifs is 1. The van der Waals surface area contributed by atoms with Crippen molar-refractivity contribution >= 4 is 32.9 Å². The molecule has 2 N–H and O–H groups in total. The van der Waals surface area contributed by atoms with Gasteiger partial charge in [-0.15, -0.1) is 11.3 Å². The van der Waals surface area contributed by atoms with Gasteiger partial charge in [-0.05, 0) is 19.4 Å². The molecule has 0 aliphatic rings. The highest BCUT2D eigenvalue weighted by molar-refractivity contribution is 7.18. The molecule has 0 aliphatic carbocycles. The van der Waals surface area contributed by atoms with Crippen molar-refractivity contribution < 1.29 is 10.0 Å². The Morgan fingerprint density at radius 2 is 2.32 bits per heavy atom. The first kappa shape index (κ1) is 13.7. The van der Waals surface area contributed by atoms with Crippen LogP contribution in [0.1, 0.15) is 18.4 Å². The summed E-state index contributed by atoms with van der Waals surface area (Å²) >= 11 is 1.43. The quantitative estimate of drug-likeness (QED) is 0.649. The average Bonchev–Trinajstić information content (AvgIpc) is 2.73. The highest BCUT2D eigenvalue weighted by atomic mass is 32.1. The third-order valence-corrected chi connectivity index (χ3v) is 3.74. The lowest BCUT2D eigenvalue weighted by molar-refractivity contribution is -0.383. The number of rotatable bonds is 5. The van der Waals surface area contributed by atoms with Gasteiger partial charge in [0, 0.05) is 12.6 Å². The minimum absolute atomic E-state index is 0.0134. The van der Waals surface area contributed by atoms with E-state index in [0.717, 1.165) is 15.2 Å². The van der Waals surface area contributed by atoms with Crippen molar-refractivity contribution in [1.82, 2.24) is 4.98 Å².